The van der Waals surface area contributed by atoms with Crippen LogP contribution in [0.3, 0.4) is 0 Å². The van der Waals surface area contributed by atoms with E-state index in [0.717, 1.165) is 5.75 Å². The van der Waals surface area contributed by atoms with Crippen LogP contribution in [0.15, 0.2) is 41.3 Å². The Morgan fingerprint density at radius 3 is 2.75 bits per heavy atom. The maximum Gasteiger partial charge on any atom is 0.274 e. The molecule has 0 fully saturated rings. The predicted octanol–water partition coefficient (Wildman–Crippen LogP) is 0.931. The normalized spacial score (nSPS) is 10.0. The Morgan fingerprint density at radius 2 is 2.06 bits per heavy atom. The van der Waals surface area contributed by atoms with Gasteiger partial charge in [-0.05, 0) is 12.1 Å². The molecule has 16 heavy (non-hydrogen) atoms. The Balaban J connectivity index is 2.05. The smallest absolute Gasteiger partial charge is 0.274 e. The summed E-state index contributed by atoms with van der Waals surface area (Å²) in [5.41, 5.74) is 5.10. The molecular formula is C11H11N3O2. The fourth-order valence-corrected chi connectivity index (χ4v) is 1.18. The maximum atomic E-state index is 11.2. The van der Waals surface area contributed by atoms with Crippen molar-refractivity contribution in [3.05, 3.63) is 52.7 Å². The third-order valence-corrected chi connectivity index (χ3v) is 2.00. The number of rotatable bonds is 3. The van der Waals surface area contributed by atoms with E-state index in [1.54, 1.807) is 0 Å². The van der Waals surface area contributed by atoms with Crippen LogP contribution in [0.4, 0.5) is 5.69 Å². The standard InChI is InChI=1S/C11H11N3O2/c12-9-6-13-10(14-11(9)15)7-16-8-4-2-1-3-5-8/h1-6H,7,12H2,(H,13,14,15). The minimum atomic E-state index is -0.346. The van der Waals surface area contributed by atoms with Crippen LogP contribution in [0.5, 0.6) is 5.75 Å². The van der Waals surface area contributed by atoms with E-state index in [1.807, 2.05) is 30.3 Å². The molecule has 0 amide bonds. The van der Waals surface area contributed by atoms with Gasteiger partial charge in [0.2, 0.25) is 0 Å². The average molecular weight is 217 g/mol. The zero-order valence-corrected chi connectivity index (χ0v) is 8.51. The number of nitrogens with two attached hydrogens (primary N) is 1. The lowest BCUT2D eigenvalue weighted by Gasteiger charge is -2.04. The van der Waals surface area contributed by atoms with Crippen molar-refractivity contribution in [1.29, 1.82) is 0 Å². The highest BCUT2D eigenvalue weighted by Crippen LogP contribution is 2.09. The Morgan fingerprint density at radius 1 is 1.31 bits per heavy atom. The van der Waals surface area contributed by atoms with Gasteiger partial charge in [-0.3, -0.25) is 4.79 Å². The molecule has 0 aliphatic heterocycles. The Bertz CT molecular complexity index is 522. The van der Waals surface area contributed by atoms with Crippen molar-refractivity contribution < 1.29 is 4.74 Å². The molecule has 0 bridgehead atoms. The molecule has 0 atom stereocenters. The van der Waals surface area contributed by atoms with Gasteiger partial charge in [-0.25, -0.2) is 4.98 Å². The summed E-state index contributed by atoms with van der Waals surface area (Å²) in [6.07, 6.45) is 1.32. The highest BCUT2D eigenvalue weighted by Gasteiger charge is 1.99. The van der Waals surface area contributed by atoms with E-state index >= 15 is 0 Å². The Kier molecular flexibility index (Phi) is 2.86. The van der Waals surface area contributed by atoms with Crippen LogP contribution in [-0.4, -0.2) is 9.97 Å². The Labute approximate surface area is 91.9 Å². The molecular weight excluding hydrogens is 206 g/mol. The fourth-order valence-electron chi connectivity index (χ4n) is 1.18. The van der Waals surface area contributed by atoms with Crippen molar-refractivity contribution in [3.63, 3.8) is 0 Å². The average Bonchev–Trinajstić information content (AvgIpc) is 2.32. The predicted molar refractivity (Wildman–Crippen MR) is 60.0 cm³/mol. The molecule has 5 heteroatoms. The molecule has 0 aliphatic carbocycles. The van der Waals surface area contributed by atoms with Gasteiger partial charge in [-0.15, -0.1) is 0 Å². The zero-order valence-electron chi connectivity index (χ0n) is 8.51. The lowest BCUT2D eigenvalue weighted by molar-refractivity contribution is 0.295. The minimum absolute atomic E-state index is 0.100. The number of aromatic amines is 1. The molecule has 0 aliphatic rings. The number of nitrogen functional groups attached to an aromatic ring is 1. The van der Waals surface area contributed by atoms with Crippen LogP contribution < -0.4 is 16.0 Å². The van der Waals surface area contributed by atoms with E-state index in [9.17, 15) is 4.79 Å². The quantitative estimate of drug-likeness (QED) is 0.801. The summed E-state index contributed by atoms with van der Waals surface area (Å²) in [7, 11) is 0. The highest BCUT2D eigenvalue weighted by atomic mass is 16.5. The monoisotopic (exact) mass is 217 g/mol. The summed E-state index contributed by atoms with van der Waals surface area (Å²) in [5, 5.41) is 0. The fraction of sp³-hybridized carbons (Fsp3) is 0.0909. The summed E-state index contributed by atoms with van der Waals surface area (Å²) in [5.74, 6) is 1.17. The summed E-state index contributed by atoms with van der Waals surface area (Å²) >= 11 is 0. The molecule has 3 N–H and O–H groups in total. The molecule has 2 aromatic rings. The van der Waals surface area contributed by atoms with Crippen LogP contribution in [0.25, 0.3) is 0 Å². The number of nitrogens with zero attached hydrogens (tertiary/aromatic N) is 1. The van der Waals surface area contributed by atoms with E-state index in [-0.39, 0.29) is 17.9 Å². The van der Waals surface area contributed by atoms with Crippen molar-refractivity contribution in [1.82, 2.24) is 9.97 Å². The molecule has 0 unspecified atom stereocenters. The molecule has 0 saturated heterocycles. The molecule has 0 radical (unpaired) electrons. The number of hydrogen-bond donors (Lipinski definition) is 2. The number of benzene rings is 1. The highest BCUT2D eigenvalue weighted by molar-refractivity contribution is 5.30. The molecule has 1 aromatic carbocycles. The van der Waals surface area contributed by atoms with E-state index in [4.69, 9.17) is 10.5 Å². The first-order chi connectivity index (χ1) is 7.75. The summed E-state index contributed by atoms with van der Waals surface area (Å²) in [6.45, 7) is 0.208. The van der Waals surface area contributed by atoms with Gasteiger partial charge in [0.1, 0.15) is 23.9 Å². The third kappa shape index (κ3) is 2.38. The van der Waals surface area contributed by atoms with Crippen LogP contribution in [-0.2, 0) is 6.61 Å². The molecule has 1 aromatic heterocycles. The number of aromatic nitrogens is 2. The number of ether oxygens (including phenoxy) is 1. The molecule has 0 saturated carbocycles. The summed E-state index contributed by atoms with van der Waals surface area (Å²) in [6, 6.07) is 9.30. The van der Waals surface area contributed by atoms with Gasteiger partial charge in [-0.1, -0.05) is 18.2 Å². The molecule has 0 spiro atoms. The van der Waals surface area contributed by atoms with E-state index < -0.39 is 0 Å². The Hall–Kier alpha value is -2.30. The summed E-state index contributed by atoms with van der Waals surface area (Å²) in [4.78, 5) is 17.7. The second-order valence-electron chi connectivity index (χ2n) is 3.22. The van der Waals surface area contributed by atoms with Crippen LogP contribution >= 0.6 is 0 Å². The number of H-pyrrole nitrogens is 1. The second-order valence-corrected chi connectivity index (χ2v) is 3.22. The van der Waals surface area contributed by atoms with Crippen molar-refractivity contribution >= 4 is 5.69 Å². The van der Waals surface area contributed by atoms with E-state index in [2.05, 4.69) is 9.97 Å². The van der Waals surface area contributed by atoms with Crippen molar-refractivity contribution in [3.8, 4) is 5.75 Å². The zero-order chi connectivity index (χ0) is 11.4. The van der Waals surface area contributed by atoms with E-state index in [0.29, 0.717) is 5.82 Å². The van der Waals surface area contributed by atoms with Gasteiger partial charge in [0.15, 0.2) is 0 Å². The number of para-hydroxylation sites is 1. The van der Waals surface area contributed by atoms with Gasteiger partial charge in [-0.2, -0.15) is 0 Å². The van der Waals surface area contributed by atoms with Crippen molar-refractivity contribution in [2.45, 2.75) is 6.61 Å². The third-order valence-electron chi connectivity index (χ3n) is 2.00. The number of nitrogens with one attached hydrogen (secondary N) is 1. The number of hydrogen-bond acceptors (Lipinski definition) is 4. The first-order valence-corrected chi connectivity index (χ1v) is 4.77. The second kappa shape index (κ2) is 4.48. The topological polar surface area (TPSA) is 81.0 Å². The van der Waals surface area contributed by atoms with Crippen LogP contribution in [0, 0.1) is 0 Å². The van der Waals surface area contributed by atoms with Crippen LogP contribution in [0.1, 0.15) is 5.82 Å². The maximum absolute atomic E-state index is 11.2. The first-order valence-electron chi connectivity index (χ1n) is 4.77. The molecule has 5 nitrogen and oxygen atoms in total. The first kappa shape index (κ1) is 10.2. The molecule has 2 rings (SSSR count). The van der Waals surface area contributed by atoms with E-state index in [1.165, 1.54) is 6.20 Å². The molecule has 82 valence electrons. The van der Waals surface area contributed by atoms with Gasteiger partial charge >= 0.3 is 0 Å². The SMILES string of the molecule is Nc1cnc(COc2ccccc2)[nH]c1=O. The van der Waals surface area contributed by atoms with Crippen molar-refractivity contribution in [2.24, 2.45) is 0 Å². The van der Waals surface area contributed by atoms with Crippen LogP contribution in [0.2, 0.25) is 0 Å². The van der Waals surface area contributed by atoms with Crippen molar-refractivity contribution in [2.75, 3.05) is 5.73 Å². The molecule has 1 heterocycles. The largest absolute Gasteiger partial charge is 0.486 e. The minimum Gasteiger partial charge on any atom is -0.486 e. The van der Waals surface area contributed by atoms with Gasteiger partial charge < -0.3 is 15.5 Å². The lowest BCUT2D eigenvalue weighted by Crippen LogP contribution is -2.16. The summed E-state index contributed by atoms with van der Waals surface area (Å²) < 4.78 is 5.41. The van der Waals surface area contributed by atoms with Gasteiger partial charge in [0.25, 0.3) is 5.56 Å². The van der Waals surface area contributed by atoms with Gasteiger partial charge in [0, 0.05) is 0 Å². The lowest BCUT2D eigenvalue weighted by atomic mass is 10.3. The van der Waals surface area contributed by atoms with Gasteiger partial charge in [0.05, 0.1) is 6.20 Å². The number of anilines is 1.